The monoisotopic (exact) mass is 534 g/mol. The first kappa shape index (κ1) is 26.1. The predicted molar refractivity (Wildman–Crippen MR) is 146 cm³/mol. The number of nitrogens with one attached hydrogen (secondary N) is 1. The van der Waals surface area contributed by atoms with E-state index in [-0.39, 0.29) is 6.61 Å². The molecule has 2 N–H and O–H groups in total. The number of benzene rings is 1. The molecule has 0 saturated carbocycles. The molecule has 4 aromatic rings. The van der Waals surface area contributed by atoms with Crippen LogP contribution in [0.1, 0.15) is 33.8 Å². The third-order valence-corrected chi connectivity index (χ3v) is 7.02. The fourth-order valence-electron chi connectivity index (χ4n) is 4.80. The molecule has 0 unspecified atom stereocenters. The molecule has 0 fully saturated rings. The number of aliphatic hydroxyl groups excluding tert-OH is 1. The molecule has 9 nitrogen and oxygen atoms in total. The lowest BCUT2D eigenvalue weighted by atomic mass is 10.0. The van der Waals surface area contributed by atoms with Crippen LogP contribution < -0.4 is 15.0 Å². The van der Waals surface area contributed by atoms with Crippen LogP contribution in [-0.2, 0) is 13.1 Å². The Hall–Kier alpha value is -3.53. The molecule has 3 aromatic heterocycles. The molecule has 0 amide bonds. The van der Waals surface area contributed by atoms with Gasteiger partial charge in [0.2, 0.25) is 0 Å². The van der Waals surface area contributed by atoms with Crippen molar-refractivity contribution >= 4 is 17.4 Å². The predicted octanol–water partition coefficient (Wildman–Crippen LogP) is 4.56. The van der Waals surface area contributed by atoms with Gasteiger partial charge in [0.05, 0.1) is 22.0 Å². The van der Waals surface area contributed by atoms with Crippen LogP contribution in [0, 0.1) is 27.7 Å². The summed E-state index contributed by atoms with van der Waals surface area (Å²) in [4.78, 5) is 16.7. The van der Waals surface area contributed by atoms with Gasteiger partial charge >= 0.3 is 0 Å². The first-order valence-electron chi connectivity index (χ1n) is 12.5. The van der Waals surface area contributed by atoms with Gasteiger partial charge in [-0.05, 0) is 70.1 Å². The van der Waals surface area contributed by atoms with Crippen LogP contribution in [0.25, 0.3) is 22.6 Å². The summed E-state index contributed by atoms with van der Waals surface area (Å²) in [6.07, 6.45) is 1.31. The summed E-state index contributed by atoms with van der Waals surface area (Å²) in [5.41, 5.74) is 7.33. The molecule has 0 aliphatic carbocycles. The average molecular weight is 535 g/mol. The third-order valence-electron chi connectivity index (χ3n) is 6.69. The third kappa shape index (κ3) is 5.09. The first-order valence-corrected chi connectivity index (χ1v) is 12.9. The van der Waals surface area contributed by atoms with E-state index in [2.05, 4.69) is 26.4 Å². The van der Waals surface area contributed by atoms with Crippen molar-refractivity contribution in [3.63, 3.8) is 0 Å². The van der Waals surface area contributed by atoms with Crippen molar-refractivity contribution < 1.29 is 14.4 Å². The van der Waals surface area contributed by atoms with Crippen molar-refractivity contribution in [2.75, 3.05) is 25.1 Å². The minimum Gasteiger partial charge on any atom is -0.491 e. The Kier molecular flexibility index (Phi) is 7.34. The average Bonchev–Trinajstić information content (AvgIpc) is 3.46. The molecule has 198 valence electrons. The zero-order valence-electron chi connectivity index (χ0n) is 22.2. The maximum absolute atomic E-state index is 10.1. The summed E-state index contributed by atoms with van der Waals surface area (Å²) < 4.78 is 11.3. The number of fused-ring (bicyclic) bond motifs is 1. The van der Waals surface area contributed by atoms with Crippen molar-refractivity contribution in [1.82, 2.24) is 25.4 Å². The number of halogens is 1. The number of hydrogen-bond acceptors (Lipinski definition) is 9. The number of ether oxygens (including phenoxy) is 1. The highest BCUT2D eigenvalue weighted by molar-refractivity contribution is 6.33. The van der Waals surface area contributed by atoms with Gasteiger partial charge in [0.25, 0.3) is 0 Å². The zero-order chi connectivity index (χ0) is 27.0. The summed E-state index contributed by atoms with van der Waals surface area (Å²) >= 11 is 6.68. The van der Waals surface area contributed by atoms with Crippen LogP contribution in [0.3, 0.4) is 0 Å². The molecule has 0 saturated heterocycles. The maximum atomic E-state index is 10.1. The Morgan fingerprint density at radius 3 is 2.66 bits per heavy atom. The first-order chi connectivity index (χ1) is 18.2. The van der Waals surface area contributed by atoms with Crippen molar-refractivity contribution in [3.05, 3.63) is 69.3 Å². The van der Waals surface area contributed by atoms with Crippen molar-refractivity contribution in [3.8, 4) is 28.4 Å². The van der Waals surface area contributed by atoms with E-state index in [1.54, 1.807) is 19.2 Å². The van der Waals surface area contributed by atoms with E-state index in [9.17, 15) is 5.11 Å². The SMILES string of the molecule is CNC[C@@H](O)COc1ccc(Cl)c(-c2nc(-c3c(C)noc3C)c(C)c(N3Cc4cnc(C)cc4C3)n2)c1. The Labute approximate surface area is 226 Å². The number of rotatable bonds is 8. The van der Waals surface area contributed by atoms with Gasteiger partial charge in [0.15, 0.2) is 5.82 Å². The van der Waals surface area contributed by atoms with Crippen LogP contribution >= 0.6 is 11.6 Å². The van der Waals surface area contributed by atoms with E-state index < -0.39 is 6.10 Å². The molecule has 1 atom stereocenters. The van der Waals surface area contributed by atoms with Gasteiger partial charge in [0, 0.05) is 42.7 Å². The van der Waals surface area contributed by atoms with Crippen molar-refractivity contribution in [2.24, 2.45) is 0 Å². The molecule has 5 rings (SSSR count). The van der Waals surface area contributed by atoms with Gasteiger partial charge in [-0.3, -0.25) is 4.98 Å². The number of nitrogens with zero attached hydrogens (tertiary/aromatic N) is 5. The van der Waals surface area contributed by atoms with Crippen LogP contribution in [0.4, 0.5) is 5.82 Å². The van der Waals surface area contributed by atoms with Gasteiger partial charge < -0.3 is 24.6 Å². The molecule has 0 bridgehead atoms. The number of anilines is 1. The number of aliphatic hydroxyl groups is 1. The smallest absolute Gasteiger partial charge is 0.163 e. The molecule has 1 aliphatic heterocycles. The van der Waals surface area contributed by atoms with Crippen molar-refractivity contribution in [1.29, 1.82) is 0 Å². The highest BCUT2D eigenvalue weighted by Gasteiger charge is 2.27. The van der Waals surface area contributed by atoms with E-state index in [4.69, 9.17) is 30.8 Å². The highest BCUT2D eigenvalue weighted by atomic mass is 35.5. The number of aromatic nitrogens is 4. The molecule has 0 spiro atoms. The number of pyridine rings is 1. The molecule has 1 aromatic carbocycles. The summed E-state index contributed by atoms with van der Waals surface area (Å²) in [5, 5.41) is 17.7. The molecule has 10 heteroatoms. The van der Waals surface area contributed by atoms with Crippen LogP contribution in [0.2, 0.25) is 5.02 Å². The Morgan fingerprint density at radius 2 is 1.92 bits per heavy atom. The number of hydrogen-bond donors (Lipinski definition) is 2. The fraction of sp³-hybridized carbons (Fsp3) is 0.357. The van der Waals surface area contributed by atoms with Crippen LogP contribution in [0.15, 0.2) is 35.0 Å². The number of likely N-dealkylation sites (N-methyl/N-ethyl adjacent to an activating group) is 1. The van der Waals surface area contributed by atoms with Gasteiger partial charge in [-0.15, -0.1) is 0 Å². The Morgan fingerprint density at radius 1 is 1.13 bits per heavy atom. The van der Waals surface area contributed by atoms with E-state index >= 15 is 0 Å². The fourth-order valence-corrected chi connectivity index (χ4v) is 5.00. The van der Waals surface area contributed by atoms with Crippen LogP contribution in [-0.4, -0.2) is 51.5 Å². The zero-order valence-corrected chi connectivity index (χ0v) is 22.9. The second-order valence-electron chi connectivity index (χ2n) is 9.66. The molecular formula is C28H31ClN6O3. The molecule has 38 heavy (non-hydrogen) atoms. The molecule has 4 heterocycles. The quantitative estimate of drug-likeness (QED) is 0.336. The van der Waals surface area contributed by atoms with Gasteiger partial charge in [-0.1, -0.05) is 16.8 Å². The summed E-state index contributed by atoms with van der Waals surface area (Å²) in [7, 11) is 1.78. The Bertz CT molecular complexity index is 1470. The van der Waals surface area contributed by atoms with E-state index in [1.165, 1.54) is 11.1 Å². The second kappa shape index (κ2) is 10.7. The maximum Gasteiger partial charge on any atom is 0.163 e. The second-order valence-corrected chi connectivity index (χ2v) is 10.1. The largest absolute Gasteiger partial charge is 0.491 e. The standard InChI is InChI=1S/C28H31ClN6O3/c1-15-8-19-12-35(13-20(19)10-31-15)28-16(2)26(25-17(3)34-38-18(25)4)32-27(33-28)23-9-22(6-7-24(23)29)37-14-21(36)11-30-5/h6-10,21,30,36H,11-14H2,1-5H3/t21-/m1/s1. The molecular weight excluding hydrogens is 504 g/mol. The minimum atomic E-state index is -0.637. The van der Waals surface area contributed by atoms with Gasteiger partial charge in [0.1, 0.15) is 30.0 Å². The highest BCUT2D eigenvalue weighted by Crippen LogP contribution is 2.39. The van der Waals surface area contributed by atoms with E-state index in [0.29, 0.717) is 41.0 Å². The summed E-state index contributed by atoms with van der Waals surface area (Å²) in [5.74, 6) is 2.54. The number of aryl methyl sites for hydroxylation is 3. The van der Waals surface area contributed by atoms with E-state index in [0.717, 1.165) is 40.6 Å². The lowest BCUT2D eigenvalue weighted by molar-refractivity contribution is 0.108. The summed E-state index contributed by atoms with van der Waals surface area (Å²) in [6, 6.07) is 7.47. The minimum absolute atomic E-state index is 0.145. The Balaban J connectivity index is 1.60. The molecule has 0 radical (unpaired) electrons. The van der Waals surface area contributed by atoms with Crippen molar-refractivity contribution in [2.45, 2.75) is 46.9 Å². The topological polar surface area (TPSA) is 109 Å². The molecule has 1 aliphatic rings. The van der Waals surface area contributed by atoms with Crippen LogP contribution in [0.5, 0.6) is 5.75 Å². The summed E-state index contributed by atoms with van der Waals surface area (Å²) in [6.45, 7) is 9.81. The lowest BCUT2D eigenvalue weighted by Crippen LogP contribution is -2.29. The van der Waals surface area contributed by atoms with Gasteiger partial charge in [-0.2, -0.15) is 0 Å². The van der Waals surface area contributed by atoms with E-state index in [1.807, 2.05) is 40.0 Å². The van der Waals surface area contributed by atoms with Gasteiger partial charge in [-0.25, -0.2) is 9.97 Å². The normalized spacial score (nSPS) is 13.6. The lowest BCUT2D eigenvalue weighted by Gasteiger charge is -2.22.